The number of nitrogens with one attached hydrogen (secondary N) is 1. The van der Waals surface area contributed by atoms with Crippen LogP contribution in [0.1, 0.15) is 28.5 Å². The van der Waals surface area contributed by atoms with Crippen molar-refractivity contribution in [1.82, 2.24) is 4.98 Å². The van der Waals surface area contributed by atoms with Gasteiger partial charge in [0.25, 0.3) is 0 Å². The van der Waals surface area contributed by atoms with Crippen molar-refractivity contribution in [3.8, 4) is 11.5 Å². The van der Waals surface area contributed by atoms with E-state index in [1.165, 1.54) is 10.9 Å². The van der Waals surface area contributed by atoms with Gasteiger partial charge in [-0.2, -0.15) is 0 Å². The van der Waals surface area contributed by atoms with Crippen molar-refractivity contribution in [2.24, 2.45) is 0 Å². The molecule has 0 saturated carbocycles. The molecule has 4 rings (SSSR count). The molecule has 4 nitrogen and oxygen atoms in total. The molecule has 0 aliphatic carbocycles. The Morgan fingerprint density at radius 2 is 1.41 bits per heavy atom. The zero-order valence-electron chi connectivity index (χ0n) is 16.9. The smallest absolute Gasteiger partial charge is 0.118 e. The summed E-state index contributed by atoms with van der Waals surface area (Å²) < 4.78 is 17.1. The lowest BCUT2D eigenvalue weighted by atomic mass is 9.98. The lowest BCUT2D eigenvalue weighted by Crippen LogP contribution is -2.08. The molecule has 0 saturated heterocycles. The van der Waals surface area contributed by atoms with E-state index in [-0.39, 0.29) is 6.10 Å². The number of benzene rings is 3. The fourth-order valence-corrected chi connectivity index (χ4v) is 3.66. The van der Waals surface area contributed by atoms with Gasteiger partial charge in [0.05, 0.1) is 20.8 Å². The van der Waals surface area contributed by atoms with E-state index in [1.54, 1.807) is 14.2 Å². The highest BCUT2D eigenvalue weighted by molar-refractivity contribution is 5.85. The maximum absolute atomic E-state index is 6.49. The molecule has 0 amide bonds. The lowest BCUT2D eigenvalue weighted by Gasteiger charge is -2.20. The number of hydrogen-bond donors (Lipinski definition) is 1. The molecule has 0 fully saturated rings. The maximum atomic E-state index is 6.49. The van der Waals surface area contributed by atoms with Crippen LogP contribution in [0.25, 0.3) is 10.9 Å². The average molecular weight is 387 g/mol. The quantitative estimate of drug-likeness (QED) is 0.436. The standard InChI is InChI=1S/C25H25NO3/c1-17-24(22-6-4-5-7-23(22)26-17)25(19-10-14-21(28-3)15-11-19)29-16-18-8-12-20(27-2)13-9-18/h4-15,25-26H,16H2,1-3H3. The Bertz CT molecular complexity index is 1080. The molecule has 1 heterocycles. The summed E-state index contributed by atoms with van der Waals surface area (Å²) in [4.78, 5) is 3.49. The van der Waals surface area contributed by atoms with Gasteiger partial charge in [0.2, 0.25) is 0 Å². The van der Waals surface area contributed by atoms with Crippen molar-refractivity contribution in [2.75, 3.05) is 14.2 Å². The van der Waals surface area contributed by atoms with E-state index in [1.807, 2.05) is 42.5 Å². The van der Waals surface area contributed by atoms with E-state index < -0.39 is 0 Å². The van der Waals surface area contributed by atoms with Crippen molar-refractivity contribution in [2.45, 2.75) is 19.6 Å². The van der Waals surface area contributed by atoms with E-state index in [0.717, 1.165) is 33.8 Å². The van der Waals surface area contributed by atoms with Gasteiger partial charge in [0.1, 0.15) is 17.6 Å². The Labute approximate surface area is 171 Å². The minimum Gasteiger partial charge on any atom is -0.497 e. The molecule has 1 atom stereocenters. The molecule has 4 heteroatoms. The number of methoxy groups -OCH3 is 2. The molecule has 1 aromatic heterocycles. The van der Waals surface area contributed by atoms with Gasteiger partial charge in [-0.05, 0) is 48.4 Å². The van der Waals surface area contributed by atoms with Crippen LogP contribution in [0.2, 0.25) is 0 Å². The minimum absolute atomic E-state index is 0.195. The number of aromatic amines is 1. The SMILES string of the molecule is COc1ccc(COC(c2ccc(OC)cc2)c2c(C)[nH]c3ccccc23)cc1. The van der Waals surface area contributed by atoms with E-state index in [9.17, 15) is 0 Å². The van der Waals surface area contributed by atoms with Crippen molar-refractivity contribution in [1.29, 1.82) is 0 Å². The lowest BCUT2D eigenvalue weighted by molar-refractivity contribution is 0.0672. The fraction of sp³-hybridized carbons (Fsp3) is 0.200. The van der Waals surface area contributed by atoms with Crippen LogP contribution in [0.4, 0.5) is 0 Å². The molecule has 148 valence electrons. The largest absolute Gasteiger partial charge is 0.497 e. The summed E-state index contributed by atoms with van der Waals surface area (Å²) >= 11 is 0. The number of para-hydroxylation sites is 1. The van der Waals surface area contributed by atoms with Crippen molar-refractivity contribution in [3.63, 3.8) is 0 Å². The van der Waals surface area contributed by atoms with Crippen LogP contribution in [0.3, 0.4) is 0 Å². The molecule has 3 aromatic carbocycles. The molecule has 1 unspecified atom stereocenters. The number of ether oxygens (including phenoxy) is 3. The van der Waals surface area contributed by atoms with E-state index in [0.29, 0.717) is 6.61 Å². The number of fused-ring (bicyclic) bond motifs is 1. The molecule has 1 N–H and O–H groups in total. The summed E-state index contributed by atoms with van der Waals surface area (Å²) in [6.45, 7) is 2.60. The second-order valence-electron chi connectivity index (χ2n) is 7.02. The number of hydrogen-bond acceptors (Lipinski definition) is 3. The van der Waals surface area contributed by atoms with E-state index >= 15 is 0 Å². The molecule has 29 heavy (non-hydrogen) atoms. The van der Waals surface area contributed by atoms with Gasteiger partial charge in [-0.1, -0.05) is 42.5 Å². The third kappa shape index (κ3) is 3.98. The van der Waals surface area contributed by atoms with Crippen LogP contribution in [-0.4, -0.2) is 19.2 Å². The van der Waals surface area contributed by atoms with Crippen molar-refractivity contribution >= 4 is 10.9 Å². The third-order valence-corrected chi connectivity index (χ3v) is 5.20. The molecule has 0 aliphatic rings. The topological polar surface area (TPSA) is 43.5 Å². The van der Waals surface area contributed by atoms with Gasteiger partial charge < -0.3 is 19.2 Å². The predicted octanol–water partition coefficient (Wildman–Crippen LogP) is 5.80. The van der Waals surface area contributed by atoms with E-state index in [2.05, 4.69) is 42.2 Å². The first-order chi connectivity index (χ1) is 14.2. The normalized spacial score (nSPS) is 12.1. The average Bonchev–Trinajstić information content (AvgIpc) is 3.10. The summed E-state index contributed by atoms with van der Waals surface area (Å²) in [5, 5.41) is 1.18. The molecule has 0 spiro atoms. The van der Waals surface area contributed by atoms with Crippen LogP contribution in [0.5, 0.6) is 11.5 Å². The first-order valence-electron chi connectivity index (χ1n) is 9.65. The first kappa shape index (κ1) is 19.1. The van der Waals surface area contributed by atoms with Gasteiger partial charge in [0.15, 0.2) is 0 Å². The minimum atomic E-state index is -0.195. The summed E-state index contributed by atoms with van der Waals surface area (Å²) in [5.74, 6) is 1.67. The van der Waals surface area contributed by atoms with Crippen LogP contribution in [0, 0.1) is 6.92 Å². The highest BCUT2D eigenvalue weighted by atomic mass is 16.5. The van der Waals surface area contributed by atoms with E-state index in [4.69, 9.17) is 14.2 Å². The number of aryl methyl sites for hydroxylation is 1. The van der Waals surface area contributed by atoms with Crippen LogP contribution < -0.4 is 9.47 Å². The second-order valence-corrected chi connectivity index (χ2v) is 7.02. The zero-order valence-corrected chi connectivity index (χ0v) is 16.9. The summed E-state index contributed by atoms with van der Waals surface area (Å²) in [7, 11) is 3.35. The second kappa shape index (κ2) is 8.41. The summed E-state index contributed by atoms with van der Waals surface area (Å²) in [5.41, 5.74) is 5.58. The molecule has 0 radical (unpaired) electrons. The predicted molar refractivity (Wildman–Crippen MR) is 116 cm³/mol. The van der Waals surface area contributed by atoms with Gasteiger partial charge in [0, 0.05) is 22.2 Å². The monoisotopic (exact) mass is 387 g/mol. The van der Waals surface area contributed by atoms with Gasteiger partial charge in [-0.15, -0.1) is 0 Å². The molecular weight excluding hydrogens is 362 g/mol. The number of aromatic nitrogens is 1. The molecular formula is C25H25NO3. The first-order valence-corrected chi connectivity index (χ1v) is 9.65. The van der Waals surface area contributed by atoms with Gasteiger partial charge in [-0.3, -0.25) is 0 Å². The number of rotatable bonds is 7. The Kier molecular flexibility index (Phi) is 5.54. The fourth-order valence-electron chi connectivity index (χ4n) is 3.66. The number of H-pyrrole nitrogens is 1. The third-order valence-electron chi connectivity index (χ3n) is 5.20. The highest BCUT2D eigenvalue weighted by Crippen LogP contribution is 2.35. The van der Waals surface area contributed by atoms with Crippen LogP contribution in [-0.2, 0) is 11.3 Å². The van der Waals surface area contributed by atoms with Crippen LogP contribution >= 0.6 is 0 Å². The Balaban J connectivity index is 1.70. The van der Waals surface area contributed by atoms with Gasteiger partial charge >= 0.3 is 0 Å². The Morgan fingerprint density at radius 3 is 2.07 bits per heavy atom. The van der Waals surface area contributed by atoms with Crippen LogP contribution in [0.15, 0.2) is 72.8 Å². The Hall–Kier alpha value is -3.24. The summed E-state index contributed by atoms with van der Waals surface area (Å²) in [6.07, 6.45) is -0.195. The Morgan fingerprint density at radius 1 is 0.793 bits per heavy atom. The highest BCUT2D eigenvalue weighted by Gasteiger charge is 2.22. The maximum Gasteiger partial charge on any atom is 0.118 e. The van der Waals surface area contributed by atoms with Crippen molar-refractivity contribution in [3.05, 3.63) is 95.2 Å². The summed E-state index contributed by atoms with van der Waals surface area (Å²) in [6, 6.07) is 24.4. The zero-order chi connectivity index (χ0) is 20.2. The molecule has 0 bridgehead atoms. The molecule has 4 aromatic rings. The van der Waals surface area contributed by atoms with Crippen molar-refractivity contribution < 1.29 is 14.2 Å². The van der Waals surface area contributed by atoms with Gasteiger partial charge in [-0.25, -0.2) is 0 Å². The molecule has 0 aliphatic heterocycles.